The van der Waals surface area contributed by atoms with Crippen LogP contribution < -0.4 is 5.32 Å². The van der Waals surface area contributed by atoms with E-state index in [9.17, 15) is 0 Å². The van der Waals surface area contributed by atoms with E-state index in [2.05, 4.69) is 37.4 Å². The van der Waals surface area contributed by atoms with Gasteiger partial charge in [-0.15, -0.1) is 0 Å². The first-order chi connectivity index (χ1) is 9.78. The Hall–Kier alpha value is -0.820. The van der Waals surface area contributed by atoms with Crippen molar-refractivity contribution in [3.05, 3.63) is 34.9 Å². The molecule has 1 N–H and O–H groups in total. The van der Waals surface area contributed by atoms with Crippen molar-refractivity contribution in [1.29, 1.82) is 0 Å². The van der Waals surface area contributed by atoms with Gasteiger partial charge in [0.25, 0.3) is 0 Å². The predicted molar refractivity (Wildman–Crippen MR) is 86.1 cm³/mol. The zero-order valence-corrected chi connectivity index (χ0v) is 13.1. The Morgan fingerprint density at radius 3 is 2.75 bits per heavy atom. The molecule has 0 aliphatic heterocycles. The highest BCUT2D eigenvalue weighted by atomic mass is 14.9. The Morgan fingerprint density at radius 1 is 1.15 bits per heavy atom. The van der Waals surface area contributed by atoms with Crippen LogP contribution in [0.2, 0.25) is 0 Å². The molecule has 1 nitrogen and oxygen atoms in total. The number of rotatable bonds is 5. The van der Waals surface area contributed by atoms with Crippen LogP contribution in [0.5, 0.6) is 0 Å². The van der Waals surface area contributed by atoms with Crippen molar-refractivity contribution >= 4 is 0 Å². The molecule has 2 aliphatic carbocycles. The molecular weight excluding hydrogens is 242 g/mol. The summed E-state index contributed by atoms with van der Waals surface area (Å²) in [5, 5.41) is 3.77. The quantitative estimate of drug-likeness (QED) is 0.849. The van der Waals surface area contributed by atoms with Gasteiger partial charge < -0.3 is 5.32 Å². The molecule has 3 unspecified atom stereocenters. The van der Waals surface area contributed by atoms with Crippen molar-refractivity contribution in [1.82, 2.24) is 5.32 Å². The predicted octanol–water partition coefficient (Wildman–Crippen LogP) is 4.13. The van der Waals surface area contributed by atoms with Gasteiger partial charge in [0.2, 0.25) is 0 Å². The summed E-state index contributed by atoms with van der Waals surface area (Å²) in [6, 6.07) is 7.94. The summed E-state index contributed by atoms with van der Waals surface area (Å²) in [5.74, 6) is 1.77. The number of benzene rings is 1. The molecule has 0 heterocycles. The Bertz CT molecular complexity index is 451. The number of aryl methyl sites for hydroxylation is 2. The number of nitrogens with one attached hydrogen (secondary N) is 1. The van der Waals surface area contributed by atoms with Crippen LogP contribution in [0.1, 0.15) is 56.2 Å². The van der Waals surface area contributed by atoms with Gasteiger partial charge in [-0.25, -0.2) is 0 Å². The highest BCUT2D eigenvalue weighted by molar-refractivity contribution is 5.35. The lowest BCUT2D eigenvalue weighted by Gasteiger charge is -2.28. The van der Waals surface area contributed by atoms with Gasteiger partial charge in [0.15, 0.2) is 0 Å². The zero-order chi connectivity index (χ0) is 13.9. The Kier molecular flexibility index (Phi) is 4.45. The van der Waals surface area contributed by atoms with Crippen LogP contribution in [0.25, 0.3) is 0 Å². The van der Waals surface area contributed by atoms with Crippen LogP contribution in [0, 0.1) is 11.8 Å². The standard InChI is InChI=1S/C19H29N/c1-3-20-19(18-9-4-6-14(18)2)13-15-10-11-16-7-5-8-17(16)12-15/h10-12,14,18-20H,3-9,13H2,1-2H3. The summed E-state index contributed by atoms with van der Waals surface area (Å²) in [6.07, 6.45) is 9.45. The van der Waals surface area contributed by atoms with E-state index in [1.54, 1.807) is 16.7 Å². The van der Waals surface area contributed by atoms with Gasteiger partial charge in [0.05, 0.1) is 0 Å². The van der Waals surface area contributed by atoms with Crippen LogP contribution in [0.4, 0.5) is 0 Å². The molecule has 1 fully saturated rings. The molecule has 110 valence electrons. The van der Waals surface area contributed by atoms with Crippen LogP contribution in [0.3, 0.4) is 0 Å². The van der Waals surface area contributed by atoms with Gasteiger partial charge in [-0.3, -0.25) is 0 Å². The van der Waals surface area contributed by atoms with Crippen molar-refractivity contribution in [3.63, 3.8) is 0 Å². The first-order valence-corrected chi connectivity index (χ1v) is 8.62. The highest BCUT2D eigenvalue weighted by Crippen LogP contribution is 2.35. The molecule has 0 bridgehead atoms. The lowest BCUT2D eigenvalue weighted by atomic mass is 9.86. The summed E-state index contributed by atoms with van der Waals surface area (Å²) in [6.45, 7) is 5.79. The second-order valence-corrected chi connectivity index (χ2v) is 6.90. The van der Waals surface area contributed by atoms with Crippen molar-refractivity contribution in [3.8, 4) is 0 Å². The van der Waals surface area contributed by atoms with Crippen molar-refractivity contribution in [2.24, 2.45) is 11.8 Å². The maximum atomic E-state index is 3.77. The molecule has 0 saturated heterocycles. The van der Waals surface area contributed by atoms with Crippen LogP contribution >= 0.6 is 0 Å². The summed E-state index contributed by atoms with van der Waals surface area (Å²) < 4.78 is 0. The first kappa shape index (κ1) is 14.1. The van der Waals surface area contributed by atoms with E-state index in [4.69, 9.17) is 0 Å². The van der Waals surface area contributed by atoms with Gasteiger partial charge >= 0.3 is 0 Å². The van der Waals surface area contributed by atoms with Gasteiger partial charge in [-0.1, -0.05) is 44.9 Å². The summed E-state index contributed by atoms with van der Waals surface area (Å²) >= 11 is 0. The van der Waals surface area contributed by atoms with Gasteiger partial charge in [0, 0.05) is 6.04 Å². The molecule has 1 heteroatoms. The SMILES string of the molecule is CCNC(Cc1ccc2c(c1)CCC2)C1CCCC1C. The number of hydrogen-bond acceptors (Lipinski definition) is 1. The van der Waals surface area contributed by atoms with Gasteiger partial charge in [-0.2, -0.15) is 0 Å². The number of fused-ring (bicyclic) bond motifs is 1. The molecule has 0 aromatic heterocycles. The monoisotopic (exact) mass is 271 g/mol. The molecule has 0 radical (unpaired) electrons. The molecule has 3 rings (SSSR count). The maximum Gasteiger partial charge on any atom is 0.0138 e. The van der Waals surface area contributed by atoms with E-state index in [1.165, 1.54) is 44.9 Å². The highest BCUT2D eigenvalue weighted by Gasteiger charge is 2.30. The average Bonchev–Trinajstić information content (AvgIpc) is 3.06. The van der Waals surface area contributed by atoms with E-state index >= 15 is 0 Å². The van der Waals surface area contributed by atoms with E-state index in [-0.39, 0.29) is 0 Å². The number of hydrogen-bond donors (Lipinski definition) is 1. The van der Waals surface area contributed by atoms with Crippen molar-refractivity contribution in [2.75, 3.05) is 6.54 Å². The molecule has 0 amide bonds. The molecular formula is C19H29N. The van der Waals surface area contributed by atoms with Gasteiger partial charge in [0.1, 0.15) is 0 Å². The third-order valence-corrected chi connectivity index (χ3v) is 5.53. The Balaban J connectivity index is 1.72. The second-order valence-electron chi connectivity index (χ2n) is 6.90. The zero-order valence-electron chi connectivity index (χ0n) is 13.1. The molecule has 1 aromatic carbocycles. The first-order valence-electron chi connectivity index (χ1n) is 8.62. The minimum absolute atomic E-state index is 0.678. The van der Waals surface area contributed by atoms with Crippen LogP contribution in [-0.2, 0) is 19.3 Å². The van der Waals surface area contributed by atoms with E-state index in [0.29, 0.717) is 6.04 Å². The largest absolute Gasteiger partial charge is 0.314 e. The lowest BCUT2D eigenvalue weighted by molar-refractivity contribution is 0.298. The summed E-state index contributed by atoms with van der Waals surface area (Å²) in [5.41, 5.74) is 4.77. The van der Waals surface area contributed by atoms with Gasteiger partial charge in [-0.05, 0) is 67.2 Å². The normalized spacial score (nSPS) is 26.7. The molecule has 2 aliphatic rings. The Morgan fingerprint density at radius 2 is 2.00 bits per heavy atom. The van der Waals surface area contributed by atoms with E-state index in [0.717, 1.165) is 18.4 Å². The third-order valence-electron chi connectivity index (χ3n) is 5.53. The van der Waals surface area contributed by atoms with E-state index in [1.807, 2.05) is 0 Å². The van der Waals surface area contributed by atoms with Crippen LogP contribution in [-0.4, -0.2) is 12.6 Å². The summed E-state index contributed by atoms with van der Waals surface area (Å²) in [4.78, 5) is 0. The minimum atomic E-state index is 0.678. The second kappa shape index (κ2) is 6.30. The van der Waals surface area contributed by atoms with E-state index < -0.39 is 0 Å². The maximum absolute atomic E-state index is 3.77. The Labute approximate surface area is 124 Å². The number of likely N-dealkylation sites (N-methyl/N-ethyl adjacent to an activating group) is 1. The summed E-state index contributed by atoms with van der Waals surface area (Å²) in [7, 11) is 0. The fourth-order valence-electron chi connectivity index (χ4n) is 4.42. The van der Waals surface area contributed by atoms with Crippen LogP contribution in [0.15, 0.2) is 18.2 Å². The smallest absolute Gasteiger partial charge is 0.0138 e. The minimum Gasteiger partial charge on any atom is -0.314 e. The molecule has 3 atom stereocenters. The molecule has 0 spiro atoms. The van der Waals surface area contributed by atoms with Crippen molar-refractivity contribution < 1.29 is 0 Å². The third kappa shape index (κ3) is 2.93. The molecule has 1 saturated carbocycles. The average molecular weight is 271 g/mol. The molecule has 1 aromatic rings. The van der Waals surface area contributed by atoms with Crippen molar-refractivity contribution in [2.45, 2.75) is 64.8 Å². The molecule has 20 heavy (non-hydrogen) atoms. The topological polar surface area (TPSA) is 12.0 Å². The lowest BCUT2D eigenvalue weighted by Crippen LogP contribution is -2.39. The fourth-order valence-corrected chi connectivity index (χ4v) is 4.42. The fraction of sp³-hybridized carbons (Fsp3) is 0.684.